The van der Waals surface area contributed by atoms with Crippen LogP contribution in [0.25, 0.3) is 0 Å². The molecular weight excluding hydrogens is 883 g/mol. The fourth-order valence-electron chi connectivity index (χ4n) is 9.88. The van der Waals surface area contributed by atoms with Crippen molar-refractivity contribution in [3.8, 4) is 29.7 Å². The zero-order valence-corrected chi connectivity index (χ0v) is 36.8. The van der Waals surface area contributed by atoms with Crippen LogP contribution in [0.2, 0.25) is 0 Å². The van der Waals surface area contributed by atoms with E-state index >= 15 is 0 Å². The Balaban J connectivity index is 0.000000181. The third-order valence-electron chi connectivity index (χ3n) is 13.0. The highest BCUT2D eigenvalue weighted by molar-refractivity contribution is 5.35. The number of hydrogen-bond acceptors (Lipinski definition) is 12. The van der Waals surface area contributed by atoms with Crippen LogP contribution in [0.1, 0.15) is 94.1 Å². The van der Waals surface area contributed by atoms with Crippen molar-refractivity contribution < 1.29 is 49.1 Å². The fraction of sp³-hybridized carbons (Fsp3) is 0.568. The second kappa shape index (κ2) is 18.3. The summed E-state index contributed by atoms with van der Waals surface area (Å²) in [5.74, 6) is 1.11. The number of rotatable bonds is 11. The first-order valence-electron chi connectivity index (χ1n) is 21.9. The quantitative estimate of drug-likeness (QED) is 0.0917. The number of anilines is 1. The summed E-state index contributed by atoms with van der Waals surface area (Å²) in [5, 5.41) is 22.2. The van der Waals surface area contributed by atoms with E-state index in [-0.39, 0.29) is 35.6 Å². The number of hydrogen-bond donors (Lipinski definition) is 0. The van der Waals surface area contributed by atoms with Crippen molar-refractivity contribution >= 4 is 6.01 Å². The average molecular weight is 932 g/mol. The van der Waals surface area contributed by atoms with Gasteiger partial charge in [-0.05, 0) is 132 Å². The number of alkyl halides is 6. The van der Waals surface area contributed by atoms with E-state index in [0.29, 0.717) is 84.0 Å². The van der Waals surface area contributed by atoms with Crippen LogP contribution in [-0.2, 0) is 25.2 Å². The van der Waals surface area contributed by atoms with Gasteiger partial charge in [-0.2, -0.15) is 56.8 Å². The standard InChI is InChI=1S/C23H26F4N6O2.C21H23F4N5O/c1-12(2)33-22(34-16-6-7-19(24)18(8-16)23(25,26)27)29-20(30-33)9-17-14-4-5-15(17)11-32(10-14)21-28-13(3)31-35-21;1-12(2)30-20(31-15-5-6-18(22)17(7-15)21(23,24)25)27-19(28-30)8-16-13-3-4-14(16)10-29(9-13)11-26/h6-8,12,14-15,17H,4-5,9-11H2,1-3H3;5-7,12-14,16H,3-4,8-10H2,1-2H3/t14-,15+,17?;13-,14+,16?. The molecule has 5 aromatic rings. The Morgan fingerprint density at radius 2 is 1.11 bits per heavy atom. The number of ether oxygens (including phenoxy) is 2. The van der Waals surface area contributed by atoms with Crippen LogP contribution < -0.4 is 14.4 Å². The number of nitriles is 1. The molecule has 4 fully saturated rings. The number of aryl methyl sites for hydroxylation is 1. The van der Waals surface area contributed by atoms with Gasteiger partial charge < -0.3 is 23.8 Å². The molecule has 2 aliphatic heterocycles. The van der Waals surface area contributed by atoms with Crippen LogP contribution in [0.15, 0.2) is 40.9 Å². The average Bonchev–Trinajstić information content (AvgIpc) is 4.06. The van der Waals surface area contributed by atoms with Crippen LogP contribution in [-0.4, -0.2) is 70.7 Å². The summed E-state index contributed by atoms with van der Waals surface area (Å²) in [6.45, 7) is 12.4. The van der Waals surface area contributed by atoms with E-state index in [1.807, 2.05) is 27.7 Å². The van der Waals surface area contributed by atoms with E-state index in [0.717, 1.165) is 76.1 Å². The first kappa shape index (κ1) is 46.5. The summed E-state index contributed by atoms with van der Waals surface area (Å²) in [7, 11) is 0. The number of piperidine rings is 2. The lowest BCUT2D eigenvalue weighted by atomic mass is 9.82. The molecule has 0 spiro atoms. The molecule has 0 amide bonds. The molecule has 2 aliphatic carbocycles. The van der Waals surface area contributed by atoms with Crippen molar-refractivity contribution in [1.29, 1.82) is 5.26 Å². The number of aromatic nitrogens is 8. The maximum absolute atomic E-state index is 13.7. The van der Waals surface area contributed by atoms with Crippen molar-refractivity contribution in [2.45, 2.75) is 97.6 Å². The van der Waals surface area contributed by atoms with Gasteiger partial charge in [0.05, 0.1) is 23.2 Å². The molecule has 66 heavy (non-hydrogen) atoms. The van der Waals surface area contributed by atoms with Gasteiger partial charge in [0.15, 0.2) is 23.7 Å². The third-order valence-corrected chi connectivity index (χ3v) is 13.0. The van der Waals surface area contributed by atoms with Crippen molar-refractivity contribution in [3.63, 3.8) is 0 Å². The lowest BCUT2D eigenvalue weighted by molar-refractivity contribution is -0.140. The van der Waals surface area contributed by atoms with Crippen molar-refractivity contribution in [1.82, 2.24) is 44.6 Å². The Morgan fingerprint density at radius 1 is 0.682 bits per heavy atom. The highest BCUT2D eigenvalue weighted by Gasteiger charge is 2.45. The van der Waals surface area contributed by atoms with Crippen LogP contribution in [0, 0.1) is 65.5 Å². The van der Waals surface area contributed by atoms with E-state index < -0.39 is 35.1 Å². The largest absolute Gasteiger partial charge is 0.424 e. The predicted molar refractivity (Wildman–Crippen MR) is 219 cm³/mol. The molecule has 22 heteroatoms. The summed E-state index contributed by atoms with van der Waals surface area (Å²) < 4.78 is 125. The summed E-state index contributed by atoms with van der Waals surface area (Å²) in [6.07, 6.45) is -1.84. The van der Waals surface area contributed by atoms with Gasteiger partial charge in [-0.15, -0.1) is 0 Å². The van der Waals surface area contributed by atoms with E-state index in [1.54, 1.807) is 16.5 Å². The lowest BCUT2D eigenvalue weighted by Crippen LogP contribution is -2.43. The smallest absolute Gasteiger partial charge is 0.419 e. The molecule has 9 rings (SSSR count). The second-order valence-corrected chi connectivity index (χ2v) is 18.1. The number of benzene rings is 2. The fourth-order valence-corrected chi connectivity index (χ4v) is 9.88. The van der Waals surface area contributed by atoms with E-state index in [2.05, 4.69) is 41.4 Å². The minimum atomic E-state index is -4.82. The molecule has 2 saturated heterocycles. The van der Waals surface area contributed by atoms with Crippen molar-refractivity contribution in [3.05, 3.63) is 76.6 Å². The van der Waals surface area contributed by atoms with Gasteiger partial charge in [-0.1, -0.05) is 5.16 Å². The Bertz CT molecular complexity index is 2520. The molecule has 2 aromatic carbocycles. The molecule has 5 heterocycles. The maximum atomic E-state index is 13.7. The molecule has 2 unspecified atom stereocenters. The summed E-state index contributed by atoms with van der Waals surface area (Å²) in [4.78, 5) is 17.3. The molecule has 3 aromatic heterocycles. The molecule has 2 saturated carbocycles. The van der Waals surface area contributed by atoms with Crippen molar-refractivity contribution in [2.24, 2.45) is 35.5 Å². The third kappa shape index (κ3) is 10.0. The summed E-state index contributed by atoms with van der Waals surface area (Å²) >= 11 is 0. The maximum Gasteiger partial charge on any atom is 0.419 e. The second-order valence-electron chi connectivity index (χ2n) is 18.1. The first-order chi connectivity index (χ1) is 31.2. The van der Waals surface area contributed by atoms with Gasteiger partial charge in [-0.25, -0.2) is 18.1 Å². The van der Waals surface area contributed by atoms with Gasteiger partial charge in [-0.3, -0.25) is 0 Å². The Kier molecular flexibility index (Phi) is 12.9. The zero-order valence-electron chi connectivity index (χ0n) is 36.8. The predicted octanol–water partition coefficient (Wildman–Crippen LogP) is 10.00. The topological polar surface area (TPSA) is 149 Å². The van der Waals surface area contributed by atoms with E-state index in [9.17, 15) is 40.4 Å². The van der Waals surface area contributed by atoms with E-state index in [1.165, 1.54) is 4.68 Å². The van der Waals surface area contributed by atoms with Gasteiger partial charge in [0.25, 0.3) is 0 Å². The number of fused-ring (bicyclic) bond motifs is 4. The normalized spacial score (nSPS) is 22.8. The van der Waals surface area contributed by atoms with Gasteiger partial charge in [0, 0.05) is 39.0 Å². The molecule has 4 aliphatic rings. The first-order valence-corrected chi connectivity index (χ1v) is 21.9. The minimum absolute atomic E-state index is 0.0755. The van der Waals surface area contributed by atoms with Crippen LogP contribution in [0.3, 0.4) is 0 Å². The van der Waals surface area contributed by atoms with Gasteiger partial charge in [0.2, 0.25) is 0 Å². The Hall–Kier alpha value is -6.01. The van der Waals surface area contributed by atoms with Gasteiger partial charge >= 0.3 is 30.4 Å². The zero-order chi connectivity index (χ0) is 47.2. The SMILES string of the molecule is CC(C)n1nc(CC2[C@@H]3CC[C@H]2CN(C#N)C3)nc1Oc1ccc(F)c(C(F)(F)F)c1.Cc1noc(N2C[C@H]3CC[C@@H](C2)C3Cc2nc(Oc3ccc(F)c(C(F)(F)F)c3)n(C(C)C)n2)n1. The molecule has 0 N–H and O–H groups in total. The van der Waals surface area contributed by atoms with Gasteiger partial charge in [0.1, 0.15) is 23.1 Å². The lowest BCUT2D eigenvalue weighted by Gasteiger charge is -2.36. The monoisotopic (exact) mass is 931 g/mol. The van der Waals surface area contributed by atoms with Crippen LogP contribution in [0.5, 0.6) is 23.5 Å². The Morgan fingerprint density at radius 3 is 1.47 bits per heavy atom. The summed E-state index contributed by atoms with van der Waals surface area (Å²) in [6, 6.07) is 5.49. The molecular formula is C44H49F8N11O3. The van der Waals surface area contributed by atoms with Crippen LogP contribution >= 0.6 is 0 Å². The molecule has 0 radical (unpaired) electrons. The molecule has 6 atom stereocenters. The highest BCUT2D eigenvalue weighted by atomic mass is 19.4. The molecule has 4 bridgehead atoms. The van der Waals surface area contributed by atoms with Crippen LogP contribution in [0.4, 0.5) is 41.1 Å². The van der Waals surface area contributed by atoms with Crippen molar-refractivity contribution in [2.75, 3.05) is 31.1 Å². The Labute approximate surface area is 374 Å². The summed E-state index contributed by atoms with van der Waals surface area (Å²) in [5.41, 5.74) is -2.77. The number of halogens is 8. The van der Waals surface area contributed by atoms with E-state index in [4.69, 9.17) is 14.0 Å². The minimum Gasteiger partial charge on any atom is -0.424 e. The molecule has 354 valence electrons. The number of nitrogens with zero attached hydrogens (tertiary/aromatic N) is 11. The highest BCUT2D eigenvalue weighted by Crippen LogP contribution is 2.46. The number of likely N-dealkylation sites (tertiary alicyclic amines) is 1. The molecule has 14 nitrogen and oxygen atoms in total.